The molecule has 34 heavy (non-hydrogen) atoms. The van der Waals surface area contributed by atoms with E-state index >= 15 is 0 Å². The van der Waals surface area contributed by atoms with Crippen LogP contribution in [-0.4, -0.2) is 42.2 Å². The fourth-order valence-corrected chi connectivity index (χ4v) is 5.39. The van der Waals surface area contributed by atoms with Crippen LogP contribution in [-0.2, 0) is 19.3 Å². The third kappa shape index (κ3) is 5.62. The lowest BCUT2D eigenvalue weighted by molar-refractivity contribution is 0.248. The highest BCUT2D eigenvalue weighted by Gasteiger charge is 2.30. The molecule has 1 heterocycles. The maximum atomic E-state index is 12.4. The highest BCUT2D eigenvalue weighted by atomic mass is 16.2. The highest BCUT2D eigenvalue weighted by molar-refractivity contribution is 5.91. The first-order chi connectivity index (χ1) is 16.5. The molecule has 4 rings (SSSR count). The van der Waals surface area contributed by atoms with Crippen molar-refractivity contribution in [3.8, 4) is 0 Å². The van der Waals surface area contributed by atoms with Crippen molar-refractivity contribution < 1.29 is 4.79 Å². The van der Waals surface area contributed by atoms with Gasteiger partial charge in [-0.05, 0) is 81.9 Å². The Morgan fingerprint density at radius 1 is 1.06 bits per heavy atom. The Hall–Kier alpha value is -2.83. The molecule has 0 unspecified atom stereocenters. The van der Waals surface area contributed by atoms with Crippen molar-refractivity contribution in [1.82, 2.24) is 9.97 Å². The molecule has 1 saturated carbocycles. The van der Waals surface area contributed by atoms with E-state index in [4.69, 9.17) is 15.7 Å². The van der Waals surface area contributed by atoms with E-state index in [1.807, 2.05) is 12.1 Å². The lowest BCUT2D eigenvalue weighted by Crippen LogP contribution is -2.46. The summed E-state index contributed by atoms with van der Waals surface area (Å²) in [5, 5.41) is 3.60. The first-order valence-electron chi connectivity index (χ1n) is 13.0. The Kier molecular flexibility index (Phi) is 7.91. The van der Waals surface area contributed by atoms with Gasteiger partial charge in [0.15, 0.2) is 0 Å². The van der Waals surface area contributed by atoms with Gasteiger partial charge in [0.05, 0.1) is 5.69 Å². The van der Waals surface area contributed by atoms with Gasteiger partial charge in [0.1, 0.15) is 5.82 Å². The van der Waals surface area contributed by atoms with Crippen molar-refractivity contribution in [2.75, 3.05) is 29.2 Å². The molecule has 2 amide bonds. The van der Waals surface area contributed by atoms with Crippen molar-refractivity contribution in [2.45, 2.75) is 89.6 Å². The summed E-state index contributed by atoms with van der Waals surface area (Å²) >= 11 is 0. The number of benzene rings is 1. The summed E-state index contributed by atoms with van der Waals surface area (Å²) in [5.74, 6) is 1.78. The van der Waals surface area contributed by atoms with Gasteiger partial charge in [0.2, 0.25) is 5.95 Å². The normalized spacial score (nSPS) is 19.9. The summed E-state index contributed by atoms with van der Waals surface area (Å²) in [6, 6.07) is 8.41. The Morgan fingerprint density at radius 2 is 1.76 bits per heavy atom. The predicted molar refractivity (Wildman–Crippen MR) is 140 cm³/mol. The molecular formula is C27H40N6O. The number of unbranched alkanes of at least 4 members (excludes halogenated alkanes) is 1. The quantitative estimate of drug-likeness (QED) is 0.569. The number of hydrogen-bond donors (Lipinski definition) is 2. The zero-order chi connectivity index (χ0) is 24.1. The second-order valence-electron chi connectivity index (χ2n) is 10.0. The Labute approximate surface area is 204 Å². The Balaban J connectivity index is 1.40. The highest BCUT2D eigenvalue weighted by Crippen LogP contribution is 2.31. The van der Waals surface area contributed by atoms with Crippen molar-refractivity contribution >= 4 is 23.5 Å². The number of rotatable bonds is 8. The largest absolute Gasteiger partial charge is 0.362 e. The average molecular weight is 465 g/mol. The van der Waals surface area contributed by atoms with E-state index in [0.29, 0.717) is 6.04 Å². The topological polar surface area (TPSA) is 87.4 Å². The number of urea groups is 1. The minimum absolute atomic E-state index is 0.124. The molecule has 0 bridgehead atoms. The van der Waals surface area contributed by atoms with Gasteiger partial charge in [-0.2, -0.15) is 4.98 Å². The number of nitrogens with zero attached hydrogens (tertiary/aromatic N) is 4. The lowest BCUT2D eigenvalue weighted by atomic mass is 9.90. The summed E-state index contributed by atoms with van der Waals surface area (Å²) in [4.78, 5) is 26.0. The molecule has 7 nitrogen and oxygen atoms in total. The number of hydrogen-bond acceptors (Lipinski definition) is 5. The number of carbonyl (C=O) groups excluding carboxylic acids is 1. The van der Waals surface area contributed by atoms with Gasteiger partial charge in [-0.15, -0.1) is 0 Å². The second-order valence-corrected chi connectivity index (χ2v) is 10.0. The number of nitrogens with one attached hydrogen (secondary N) is 1. The molecule has 7 heteroatoms. The number of nitrogens with two attached hydrogens (primary N) is 1. The predicted octanol–water partition coefficient (Wildman–Crippen LogP) is 5.07. The molecule has 0 radical (unpaired) electrons. The zero-order valence-electron chi connectivity index (χ0n) is 21.0. The molecule has 1 aromatic heterocycles. The lowest BCUT2D eigenvalue weighted by Gasteiger charge is -2.36. The minimum Gasteiger partial charge on any atom is -0.362 e. The van der Waals surface area contributed by atoms with E-state index in [2.05, 4.69) is 43.4 Å². The number of aromatic nitrogens is 2. The van der Waals surface area contributed by atoms with Gasteiger partial charge < -0.3 is 16.0 Å². The molecule has 1 aromatic carbocycles. The molecule has 0 saturated heterocycles. The smallest absolute Gasteiger partial charge is 0.319 e. The van der Waals surface area contributed by atoms with Crippen LogP contribution in [0.4, 0.5) is 22.2 Å². The Morgan fingerprint density at radius 3 is 2.41 bits per heavy atom. The first-order valence-corrected chi connectivity index (χ1v) is 13.0. The van der Waals surface area contributed by atoms with E-state index in [-0.39, 0.29) is 12.1 Å². The van der Waals surface area contributed by atoms with Gasteiger partial charge in [-0.1, -0.05) is 25.5 Å². The van der Waals surface area contributed by atoms with Gasteiger partial charge in [-0.3, -0.25) is 4.90 Å². The average Bonchev–Trinajstić information content (AvgIpc) is 2.84. The van der Waals surface area contributed by atoms with Crippen LogP contribution < -0.4 is 20.9 Å². The van der Waals surface area contributed by atoms with Crippen molar-refractivity contribution in [1.29, 1.82) is 0 Å². The van der Waals surface area contributed by atoms with E-state index in [1.54, 1.807) is 4.90 Å². The van der Waals surface area contributed by atoms with Crippen LogP contribution >= 0.6 is 0 Å². The van der Waals surface area contributed by atoms with Gasteiger partial charge in [0.25, 0.3) is 0 Å². The third-order valence-electron chi connectivity index (χ3n) is 7.25. The molecule has 2 aromatic rings. The van der Waals surface area contributed by atoms with E-state index in [1.165, 1.54) is 42.5 Å². The van der Waals surface area contributed by atoms with Crippen LogP contribution in [0.5, 0.6) is 0 Å². The molecule has 184 valence electrons. The molecular weight excluding hydrogens is 424 g/mol. The summed E-state index contributed by atoms with van der Waals surface area (Å²) in [7, 11) is 4.11. The number of aryl methyl sites for hydroxylation is 2. The monoisotopic (exact) mass is 464 g/mol. The van der Waals surface area contributed by atoms with Crippen molar-refractivity contribution in [3.05, 3.63) is 41.1 Å². The molecule has 2 aliphatic carbocycles. The molecule has 2 aliphatic rings. The number of carbonyl (C=O) groups is 1. The molecule has 0 aliphatic heterocycles. The number of primary amides is 1. The second kappa shape index (κ2) is 11.1. The minimum atomic E-state index is -0.369. The van der Waals surface area contributed by atoms with E-state index < -0.39 is 0 Å². The zero-order valence-corrected chi connectivity index (χ0v) is 21.0. The summed E-state index contributed by atoms with van der Waals surface area (Å²) in [6.45, 7) is 2.20. The van der Waals surface area contributed by atoms with Crippen LogP contribution in [0, 0.1) is 0 Å². The third-order valence-corrected chi connectivity index (χ3v) is 7.25. The summed E-state index contributed by atoms with van der Waals surface area (Å²) in [6.07, 6.45) is 11.7. The van der Waals surface area contributed by atoms with E-state index in [0.717, 1.165) is 62.4 Å². The van der Waals surface area contributed by atoms with Gasteiger partial charge in [0, 0.05) is 37.4 Å². The fraction of sp³-hybridized carbons (Fsp3) is 0.593. The van der Waals surface area contributed by atoms with Gasteiger partial charge >= 0.3 is 6.03 Å². The SMILES string of the molecule is CCCCc1ccc(N(C(N)=O)[C@H]2CC[C@@H](Nc3nc4c(c(N(C)C)n3)CCCC4)CC2)cc1. The van der Waals surface area contributed by atoms with Crippen molar-refractivity contribution in [2.24, 2.45) is 5.73 Å². The number of fused-ring (bicyclic) bond motifs is 1. The van der Waals surface area contributed by atoms with Crippen LogP contribution in [0.25, 0.3) is 0 Å². The van der Waals surface area contributed by atoms with Crippen LogP contribution in [0.1, 0.15) is 75.1 Å². The van der Waals surface area contributed by atoms with Crippen LogP contribution in [0.15, 0.2) is 24.3 Å². The maximum absolute atomic E-state index is 12.4. The van der Waals surface area contributed by atoms with Crippen LogP contribution in [0.3, 0.4) is 0 Å². The first kappa shape index (κ1) is 24.3. The standard InChI is InChI=1S/C27H40N6O/c1-4-5-8-19-11-15-21(16-12-19)33(26(28)34)22-17-13-20(14-18-22)29-27-30-24-10-7-6-9-23(24)25(31-27)32(2)3/h11-12,15-16,20,22H,4-10,13-14,17-18H2,1-3H3,(H2,28,34)(H,29,30,31)/t20-,22+. The number of amides is 2. The van der Waals surface area contributed by atoms with Crippen molar-refractivity contribution in [3.63, 3.8) is 0 Å². The maximum Gasteiger partial charge on any atom is 0.319 e. The molecule has 3 N–H and O–H groups in total. The summed E-state index contributed by atoms with van der Waals surface area (Å²) < 4.78 is 0. The number of anilines is 3. The van der Waals surface area contributed by atoms with Crippen LogP contribution in [0.2, 0.25) is 0 Å². The molecule has 0 atom stereocenters. The molecule has 1 fully saturated rings. The van der Waals surface area contributed by atoms with E-state index in [9.17, 15) is 4.79 Å². The Bertz CT molecular complexity index is 966. The summed E-state index contributed by atoms with van der Waals surface area (Å²) in [5.41, 5.74) is 10.5. The fourth-order valence-electron chi connectivity index (χ4n) is 5.39. The molecule has 0 spiro atoms. The van der Waals surface area contributed by atoms with Gasteiger partial charge in [-0.25, -0.2) is 9.78 Å².